The van der Waals surface area contributed by atoms with Crippen molar-refractivity contribution in [1.82, 2.24) is 15.6 Å². The number of oxazole rings is 1. The van der Waals surface area contributed by atoms with Gasteiger partial charge in [-0.25, -0.2) is 9.98 Å². The number of amides is 1. The van der Waals surface area contributed by atoms with Gasteiger partial charge in [-0.3, -0.25) is 4.79 Å². The Morgan fingerprint density at radius 1 is 1.30 bits per heavy atom. The zero-order chi connectivity index (χ0) is 20.1. The highest BCUT2D eigenvalue weighted by Gasteiger charge is 2.24. The van der Waals surface area contributed by atoms with Crippen LogP contribution in [0.1, 0.15) is 30.5 Å². The van der Waals surface area contributed by atoms with Gasteiger partial charge < -0.3 is 20.4 Å². The van der Waals surface area contributed by atoms with Crippen LogP contribution in [0.25, 0.3) is 10.8 Å². The molecule has 0 radical (unpaired) electrons. The quantitative estimate of drug-likeness (QED) is 0.249. The summed E-state index contributed by atoms with van der Waals surface area (Å²) < 4.78 is 5.55. The van der Waals surface area contributed by atoms with E-state index in [-0.39, 0.29) is 35.8 Å². The summed E-state index contributed by atoms with van der Waals surface area (Å²) in [6, 6.07) is 11.9. The van der Waals surface area contributed by atoms with Crippen LogP contribution in [-0.2, 0) is 11.3 Å². The first-order valence-electron chi connectivity index (χ1n) is 9.62. The number of aromatic nitrogens is 1. The molecule has 1 aliphatic rings. The average Bonchev–Trinajstić information content (AvgIpc) is 3.41. The monoisotopic (exact) mass is 537 g/mol. The van der Waals surface area contributed by atoms with Gasteiger partial charge >= 0.3 is 0 Å². The van der Waals surface area contributed by atoms with Gasteiger partial charge in [-0.15, -0.1) is 35.3 Å². The third-order valence-corrected chi connectivity index (χ3v) is 5.51. The summed E-state index contributed by atoms with van der Waals surface area (Å²) in [5, 5.41) is 11.5. The molecule has 158 valence electrons. The zero-order valence-corrected chi connectivity index (χ0v) is 19.7. The van der Waals surface area contributed by atoms with Gasteiger partial charge in [-0.05, 0) is 30.0 Å². The van der Waals surface area contributed by atoms with Gasteiger partial charge in [0.05, 0.1) is 11.4 Å². The molecule has 1 aromatic carbocycles. The molecule has 3 aromatic rings. The number of para-hydroxylation sites is 1. The normalized spacial score (nSPS) is 15.7. The Balaban J connectivity index is 0.00000256. The maximum atomic E-state index is 12.0. The van der Waals surface area contributed by atoms with Crippen molar-refractivity contribution in [2.75, 3.05) is 18.4 Å². The van der Waals surface area contributed by atoms with Crippen molar-refractivity contribution in [3.63, 3.8) is 0 Å². The molecule has 9 heteroatoms. The van der Waals surface area contributed by atoms with Crippen molar-refractivity contribution >= 4 is 52.9 Å². The van der Waals surface area contributed by atoms with Crippen LogP contribution in [-0.4, -0.2) is 29.9 Å². The number of aliphatic imine (C=N–C) groups is 1. The molecule has 1 atom stereocenters. The molecule has 2 aromatic heterocycles. The maximum Gasteiger partial charge on any atom is 0.236 e. The number of hydrogen-bond donors (Lipinski definition) is 3. The van der Waals surface area contributed by atoms with Crippen molar-refractivity contribution < 1.29 is 9.21 Å². The van der Waals surface area contributed by atoms with E-state index in [9.17, 15) is 4.79 Å². The molecule has 0 aliphatic carbocycles. The van der Waals surface area contributed by atoms with Crippen LogP contribution < -0.4 is 16.0 Å². The predicted octanol–water partition coefficient (Wildman–Crippen LogP) is 4.20. The van der Waals surface area contributed by atoms with E-state index in [1.165, 1.54) is 0 Å². The Labute approximate surface area is 196 Å². The highest BCUT2D eigenvalue weighted by Crippen LogP contribution is 2.31. The highest BCUT2D eigenvalue weighted by molar-refractivity contribution is 14.0. The van der Waals surface area contributed by atoms with Crippen molar-refractivity contribution in [2.24, 2.45) is 4.99 Å². The lowest BCUT2D eigenvalue weighted by Crippen LogP contribution is -2.40. The molecule has 30 heavy (non-hydrogen) atoms. The predicted molar refractivity (Wildman–Crippen MR) is 130 cm³/mol. The molecule has 0 fully saturated rings. The van der Waals surface area contributed by atoms with E-state index < -0.39 is 0 Å². The van der Waals surface area contributed by atoms with Crippen LogP contribution in [0.4, 0.5) is 5.69 Å². The number of nitrogens with one attached hydrogen (secondary N) is 3. The first-order chi connectivity index (χ1) is 14.2. The van der Waals surface area contributed by atoms with Crippen LogP contribution in [0.3, 0.4) is 0 Å². The summed E-state index contributed by atoms with van der Waals surface area (Å²) in [7, 11) is 0. The number of guanidine groups is 1. The van der Waals surface area contributed by atoms with E-state index in [0.29, 0.717) is 31.4 Å². The molecule has 7 nitrogen and oxygen atoms in total. The molecule has 0 saturated carbocycles. The van der Waals surface area contributed by atoms with E-state index in [1.807, 2.05) is 42.6 Å². The van der Waals surface area contributed by atoms with Gasteiger partial charge in [0.2, 0.25) is 11.8 Å². The number of nitrogens with zero attached hydrogens (tertiary/aromatic N) is 2. The molecule has 3 heterocycles. The molecule has 0 spiro atoms. The summed E-state index contributed by atoms with van der Waals surface area (Å²) >= 11 is 1.59. The van der Waals surface area contributed by atoms with Crippen LogP contribution in [0, 0.1) is 0 Å². The van der Waals surface area contributed by atoms with E-state index in [4.69, 9.17) is 4.42 Å². The number of hydrogen-bond acceptors (Lipinski definition) is 5. The van der Waals surface area contributed by atoms with Crippen molar-refractivity contribution in [3.8, 4) is 10.8 Å². The fraction of sp³-hybridized carbons (Fsp3) is 0.286. The second kappa shape index (κ2) is 10.6. The van der Waals surface area contributed by atoms with Gasteiger partial charge in [-0.2, -0.15) is 0 Å². The average molecular weight is 537 g/mol. The van der Waals surface area contributed by atoms with Gasteiger partial charge in [0.25, 0.3) is 0 Å². The van der Waals surface area contributed by atoms with E-state index in [0.717, 1.165) is 28.4 Å². The minimum absolute atomic E-state index is 0. The van der Waals surface area contributed by atoms with Crippen LogP contribution in [0.2, 0.25) is 0 Å². The Morgan fingerprint density at radius 3 is 2.97 bits per heavy atom. The molecular formula is C21H24IN5O2S. The lowest BCUT2D eigenvalue weighted by atomic mass is 9.90. The number of anilines is 1. The topological polar surface area (TPSA) is 91.6 Å². The summed E-state index contributed by atoms with van der Waals surface area (Å²) in [5.41, 5.74) is 2.81. The summed E-state index contributed by atoms with van der Waals surface area (Å²) in [5.74, 6) is 1.45. The lowest BCUT2D eigenvalue weighted by molar-refractivity contribution is -0.116. The Kier molecular flexibility index (Phi) is 7.86. The first-order valence-corrected chi connectivity index (χ1v) is 10.5. The molecule has 0 saturated heterocycles. The van der Waals surface area contributed by atoms with Gasteiger partial charge in [0, 0.05) is 31.1 Å². The fourth-order valence-electron chi connectivity index (χ4n) is 3.30. The standard InChI is InChI=1S/C21H23N5O2S.HI/c1-2-22-21(24-12-15-13-28-20(25-15)18-8-5-9-29-18)23-11-14-10-19(27)26-17-7-4-3-6-16(14)17;/h3-9,13-14H,2,10-12H2,1H3,(H,26,27)(H2,22,23,24);1H. The third kappa shape index (κ3) is 5.39. The molecule has 0 bridgehead atoms. The Hall–Kier alpha value is -2.40. The number of rotatable bonds is 6. The number of benzene rings is 1. The van der Waals surface area contributed by atoms with Gasteiger partial charge in [-0.1, -0.05) is 24.3 Å². The zero-order valence-electron chi connectivity index (χ0n) is 16.6. The number of carbonyl (C=O) groups excluding carboxylic acids is 1. The Bertz CT molecular complexity index is 1000. The smallest absolute Gasteiger partial charge is 0.236 e. The Morgan fingerprint density at radius 2 is 2.17 bits per heavy atom. The maximum absolute atomic E-state index is 12.0. The molecule has 4 rings (SSSR count). The SMILES string of the molecule is CCNC(=NCc1coc(-c2cccs2)n1)NCC1CC(=O)Nc2ccccc21.I. The van der Waals surface area contributed by atoms with Crippen LogP contribution in [0.5, 0.6) is 0 Å². The summed E-state index contributed by atoms with van der Waals surface area (Å²) in [4.78, 5) is 22.1. The van der Waals surface area contributed by atoms with Gasteiger partial charge in [0.1, 0.15) is 12.0 Å². The van der Waals surface area contributed by atoms with Crippen LogP contribution in [0.15, 0.2) is 57.5 Å². The summed E-state index contributed by atoms with van der Waals surface area (Å²) in [6.45, 7) is 3.79. The van der Waals surface area contributed by atoms with Crippen molar-refractivity contribution in [3.05, 3.63) is 59.3 Å². The third-order valence-electron chi connectivity index (χ3n) is 4.65. The fourth-order valence-corrected chi connectivity index (χ4v) is 3.95. The molecule has 1 amide bonds. The number of thiophene rings is 1. The van der Waals surface area contributed by atoms with E-state index in [1.54, 1.807) is 17.6 Å². The van der Waals surface area contributed by atoms with Gasteiger partial charge in [0.15, 0.2) is 5.96 Å². The van der Waals surface area contributed by atoms with Crippen molar-refractivity contribution in [1.29, 1.82) is 0 Å². The molecule has 1 aliphatic heterocycles. The summed E-state index contributed by atoms with van der Waals surface area (Å²) in [6.07, 6.45) is 2.10. The number of carbonyl (C=O) groups is 1. The van der Waals surface area contributed by atoms with E-state index in [2.05, 4.69) is 32.0 Å². The molecule has 3 N–H and O–H groups in total. The second-order valence-corrected chi connectivity index (χ2v) is 7.68. The number of halogens is 1. The van der Waals surface area contributed by atoms with Crippen molar-refractivity contribution in [2.45, 2.75) is 25.8 Å². The van der Waals surface area contributed by atoms with E-state index >= 15 is 0 Å². The molecular weight excluding hydrogens is 513 g/mol. The first kappa shape index (κ1) is 22.3. The number of fused-ring (bicyclic) bond motifs is 1. The highest BCUT2D eigenvalue weighted by atomic mass is 127. The molecule has 1 unspecified atom stereocenters. The minimum Gasteiger partial charge on any atom is -0.443 e. The largest absolute Gasteiger partial charge is 0.443 e. The minimum atomic E-state index is 0. The van der Waals surface area contributed by atoms with Crippen LogP contribution >= 0.6 is 35.3 Å². The lowest BCUT2D eigenvalue weighted by Gasteiger charge is -2.26. The second-order valence-electron chi connectivity index (χ2n) is 6.73.